The third-order valence-electron chi connectivity index (χ3n) is 2.47. The van der Waals surface area contributed by atoms with E-state index in [1.54, 1.807) is 14.2 Å². The molecule has 0 aliphatic heterocycles. The lowest BCUT2D eigenvalue weighted by Gasteiger charge is -2.07. The van der Waals surface area contributed by atoms with Crippen molar-refractivity contribution in [3.63, 3.8) is 0 Å². The predicted molar refractivity (Wildman–Crippen MR) is 69.8 cm³/mol. The number of nitrogen functional groups attached to an aromatic ring is 1. The molecular weight excluding hydrogens is 236 g/mol. The van der Waals surface area contributed by atoms with Crippen molar-refractivity contribution in [2.24, 2.45) is 0 Å². The van der Waals surface area contributed by atoms with Crippen LogP contribution in [0.5, 0.6) is 11.5 Å². The van der Waals surface area contributed by atoms with Crippen LogP contribution in [0.15, 0.2) is 18.2 Å². The van der Waals surface area contributed by atoms with E-state index in [1.165, 1.54) is 11.3 Å². The summed E-state index contributed by atoms with van der Waals surface area (Å²) >= 11 is 1.46. The number of ether oxygens (including phenoxy) is 2. The first-order valence-corrected chi connectivity index (χ1v) is 5.92. The fraction of sp³-hybridized carbons (Fsp3) is 0.250. The SMILES string of the molecule is COc1ccc(-c2nc(C)c(N)s2)c(OC)c1. The first-order valence-electron chi connectivity index (χ1n) is 5.11. The molecule has 0 aliphatic rings. The van der Waals surface area contributed by atoms with Crippen LogP contribution in [0.3, 0.4) is 0 Å². The van der Waals surface area contributed by atoms with E-state index < -0.39 is 0 Å². The first kappa shape index (κ1) is 11.7. The third kappa shape index (κ3) is 2.19. The molecule has 2 N–H and O–H groups in total. The van der Waals surface area contributed by atoms with Crippen molar-refractivity contribution in [2.75, 3.05) is 20.0 Å². The van der Waals surface area contributed by atoms with Gasteiger partial charge in [-0.3, -0.25) is 0 Å². The maximum absolute atomic E-state index is 5.82. The number of nitrogens with two attached hydrogens (primary N) is 1. The minimum atomic E-state index is 0.734. The zero-order valence-electron chi connectivity index (χ0n) is 9.98. The van der Waals surface area contributed by atoms with Gasteiger partial charge in [0.25, 0.3) is 0 Å². The molecule has 90 valence electrons. The van der Waals surface area contributed by atoms with Crippen LogP contribution >= 0.6 is 11.3 Å². The van der Waals surface area contributed by atoms with Crippen LogP contribution in [0.2, 0.25) is 0 Å². The second-order valence-corrected chi connectivity index (χ2v) is 4.57. The van der Waals surface area contributed by atoms with Gasteiger partial charge in [-0.2, -0.15) is 0 Å². The first-order chi connectivity index (χ1) is 8.15. The predicted octanol–water partition coefficient (Wildman–Crippen LogP) is 2.72. The lowest BCUT2D eigenvalue weighted by Crippen LogP contribution is -1.90. The minimum absolute atomic E-state index is 0.734. The van der Waals surface area contributed by atoms with Gasteiger partial charge in [-0.05, 0) is 19.1 Å². The quantitative estimate of drug-likeness (QED) is 0.910. The molecule has 0 amide bonds. The summed E-state index contributed by atoms with van der Waals surface area (Å²) in [6.45, 7) is 1.89. The molecule has 1 heterocycles. The maximum Gasteiger partial charge on any atom is 0.132 e. The highest BCUT2D eigenvalue weighted by molar-refractivity contribution is 7.18. The number of benzene rings is 1. The minimum Gasteiger partial charge on any atom is -0.497 e. The zero-order valence-corrected chi connectivity index (χ0v) is 10.8. The van der Waals surface area contributed by atoms with Crippen LogP contribution in [0.1, 0.15) is 5.69 Å². The Morgan fingerprint density at radius 1 is 1.24 bits per heavy atom. The van der Waals surface area contributed by atoms with Crippen molar-refractivity contribution in [2.45, 2.75) is 6.92 Å². The van der Waals surface area contributed by atoms with Gasteiger partial charge in [0.05, 0.1) is 25.5 Å². The Balaban J connectivity index is 2.51. The van der Waals surface area contributed by atoms with Crippen LogP contribution in [0.4, 0.5) is 5.00 Å². The Morgan fingerprint density at radius 3 is 2.53 bits per heavy atom. The van der Waals surface area contributed by atoms with E-state index in [-0.39, 0.29) is 0 Å². The van der Waals surface area contributed by atoms with Crippen LogP contribution in [-0.4, -0.2) is 19.2 Å². The summed E-state index contributed by atoms with van der Waals surface area (Å²) in [5.41, 5.74) is 7.59. The van der Waals surface area contributed by atoms with E-state index in [2.05, 4.69) is 4.98 Å². The standard InChI is InChI=1S/C12H14N2O2S/c1-7-11(13)17-12(14-7)9-5-4-8(15-2)6-10(9)16-3/h4-6H,13H2,1-3H3. The molecule has 0 aliphatic carbocycles. The fourth-order valence-electron chi connectivity index (χ4n) is 1.50. The summed E-state index contributed by atoms with van der Waals surface area (Å²) in [5.74, 6) is 1.49. The van der Waals surface area contributed by atoms with Crippen molar-refractivity contribution in [3.8, 4) is 22.1 Å². The summed E-state index contributed by atoms with van der Waals surface area (Å²) in [6.07, 6.45) is 0. The number of nitrogens with zero attached hydrogens (tertiary/aromatic N) is 1. The molecule has 0 saturated heterocycles. The number of anilines is 1. The molecule has 0 bridgehead atoms. The summed E-state index contributed by atoms with van der Waals surface area (Å²) in [6, 6.07) is 5.64. The van der Waals surface area contributed by atoms with Crippen molar-refractivity contribution >= 4 is 16.3 Å². The number of hydrogen-bond donors (Lipinski definition) is 1. The molecule has 0 fully saturated rings. The van der Waals surface area contributed by atoms with Crippen molar-refractivity contribution in [3.05, 3.63) is 23.9 Å². The molecule has 1 aromatic heterocycles. The molecule has 2 aromatic rings. The van der Waals surface area contributed by atoms with Crippen LogP contribution in [-0.2, 0) is 0 Å². The summed E-state index contributed by atoms with van der Waals surface area (Å²) in [5, 5.41) is 1.59. The third-order valence-corrected chi connectivity index (χ3v) is 3.49. The van der Waals surface area contributed by atoms with Crippen LogP contribution < -0.4 is 15.2 Å². The number of rotatable bonds is 3. The van der Waals surface area contributed by atoms with Gasteiger partial charge in [0.15, 0.2) is 0 Å². The van der Waals surface area contributed by atoms with Crippen molar-refractivity contribution in [1.82, 2.24) is 4.98 Å². The largest absolute Gasteiger partial charge is 0.497 e. The molecular formula is C12H14N2O2S. The van der Waals surface area contributed by atoms with Gasteiger partial charge in [-0.15, -0.1) is 0 Å². The Kier molecular flexibility index (Phi) is 3.19. The topological polar surface area (TPSA) is 57.4 Å². The Hall–Kier alpha value is -1.75. The van der Waals surface area contributed by atoms with Crippen molar-refractivity contribution in [1.29, 1.82) is 0 Å². The molecule has 0 radical (unpaired) electrons. The molecule has 1 aromatic carbocycles. The van der Waals surface area contributed by atoms with E-state index in [4.69, 9.17) is 15.2 Å². The monoisotopic (exact) mass is 250 g/mol. The van der Waals surface area contributed by atoms with E-state index >= 15 is 0 Å². The maximum atomic E-state index is 5.82. The second-order valence-electron chi connectivity index (χ2n) is 3.53. The Bertz CT molecular complexity index is 518. The van der Waals surface area contributed by atoms with Gasteiger partial charge in [0.1, 0.15) is 21.5 Å². The summed E-state index contributed by atoms with van der Waals surface area (Å²) < 4.78 is 10.5. The molecule has 0 unspecified atom stereocenters. The normalized spacial score (nSPS) is 10.3. The lowest BCUT2D eigenvalue weighted by atomic mass is 10.2. The molecule has 5 heteroatoms. The molecule has 0 spiro atoms. The summed E-state index contributed by atoms with van der Waals surface area (Å²) in [7, 11) is 3.25. The average molecular weight is 250 g/mol. The van der Waals surface area contributed by atoms with Crippen LogP contribution in [0, 0.1) is 6.92 Å². The van der Waals surface area contributed by atoms with Gasteiger partial charge in [0, 0.05) is 6.07 Å². The number of hydrogen-bond acceptors (Lipinski definition) is 5. The fourth-order valence-corrected chi connectivity index (χ4v) is 2.36. The Morgan fingerprint density at radius 2 is 2.00 bits per heavy atom. The molecule has 4 nitrogen and oxygen atoms in total. The smallest absolute Gasteiger partial charge is 0.132 e. The molecule has 2 rings (SSSR count). The van der Waals surface area contributed by atoms with Gasteiger partial charge in [0.2, 0.25) is 0 Å². The van der Waals surface area contributed by atoms with E-state index in [1.807, 2.05) is 25.1 Å². The molecule has 17 heavy (non-hydrogen) atoms. The van der Waals surface area contributed by atoms with E-state index in [9.17, 15) is 0 Å². The zero-order chi connectivity index (χ0) is 12.4. The molecule has 0 atom stereocenters. The lowest BCUT2D eigenvalue weighted by molar-refractivity contribution is 0.395. The second kappa shape index (κ2) is 4.63. The number of thiazole rings is 1. The highest BCUT2D eigenvalue weighted by atomic mass is 32.1. The number of aromatic nitrogens is 1. The van der Waals surface area contributed by atoms with Crippen molar-refractivity contribution < 1.29 is 9.47 Å². The van der Waals surface area contributed by atoms with Crippen LogP contribution in [0.25, 0.3) is 10.6 Å². The Labute approximate surface area is 104 Å². The van der Waals surface area contributed by atoms with E-state index in [0.29, 0.717) is 0 Å². The number of aryl methyl sites for hydroxylation is 1. The average Bonchev–Trinajstić information content (AvgIpc) is 2.68. The van der Waals surface area contributed by atoms with Gasteiger partial charge < -0.3 is 15.2 Å². The van der Waals surface area contributed by atoms with E-state index in [0.717, 1.165) is 32.8 Å². The van der Waals surface area contributed by atoms with Gasteiger partial charge in [-0.25, -0.2) is 4.98 Å². The van der Waals surface area contributed by atoms with Gasteiger partial charge in [-0.1, -0.05) is 11.3 Å². The molecule has 0 saturated carbocycles. The highest BCUT2D eigenvalue weighted by Crippen LogP contribution is 2.37. The van der Waals surface area contributed by atoms with Gasteiger partial charge >= 0.3 is 0 Å². The number of methoxy groups -OCH3 is 2. The summed E-state index contributed by atoms with van der Waals surface area (Å²) in [4.78, 5) is 4.42. The highest BCUT2D eigenvalue weighted by Gasteiger charge is 2.12.